The largest absolute Gasteiger partial charge is 0.492 e. The van der Waals surface area contributed by atoms with Crippen LogP contribution >= 0.6 is 0 Å². The molecule has 2 aromatic rings. The van der Waals surface area contributed by atoms with E-state index in [1.54, 1.807) is 6.20 Å². The van der Waals surface area contributed by atoms with Gasteiger partial charge in [0.15, 0.2) is 0 Å². The average Bonchev–Trinajstić information content (AvgIpc) is 2.47. The van der Waals surface area contributed by atoms with E-state index in [9.17, 15) is 0 Å². The molecule has 0 aliphatic carbocycles. The maximum absolute atomic E-state index is 5.65. The number of benzene rings is 1. The molecule has 1 aromatic heterocycles. The van der Waals surface area contributed by atoms with Gasteiger partial charge in [-0.05, 0) is 37.0 Å². The van der Waals surface area contributed by atoms with Gasteiger partial charge in [-0.15, -0.1) is 0 Å². The summed E-state index contributed by atoms with van der Waals surface area (Å²) in [6.07, 6.45) is 5.67. The van der Waals surface area contributed by atoms with Crippen LogP contribution in [0.15, 0.2) is 48.8 Å². The van der Waals surface area contributed by atoms with Crippen molar-refractivity contribution in [2.75, 3.05) is 6.61 Å². The Bertz CT molecular complexity index is 454. The molecule has 0 aliphatic heterocycles. The van der Waals surface area contributed by atoms with Gasteiger partial charge in [0.25, 0.3) is 0 Å². The Hall–Kier alpha value is -1.83. The topological polar surface area (TPSA) is 22.1 Å². The van der Waals surface area contributed by atoms with Gasteiger partial charge >= 0.3 is 0 Å². The second-order valence-corrected chi connectivity index (χ2v) is 4.14. The molecule has 0 atom stereocenters. The molecule has 0 N–H and O–H groups in total. The minimum Gasteiger partial charge on any atom is -0.492 e. The highest BCUT2D eigenvalue weighted by Gasteiger charge is 1.96. The van der Waals surface area contributed by atoms with E-state index in [1.165, 1.54) is 5.56 Å². The lowest BCUT2D eigenvalue weighted by molar-refractivity contribution is 0.309. The van der Waals surface area contributed by atoms with Crippen molar-refractivity contribution in [3.63, 3.8) is 0 Å². The van der Waals surface area contributed by atoms with Gasteiger partial charge < -0.3 is 4.74 Å². The minimum absolute atomic E-state index is 0.736. The van der Waals surface area contributed by atoms with Gasteiger partial charge in [-0.2, -0.15) is 0 Å². The predicted molar refractivity (Wildman–Crippen MR) is 80.6 cm³/mol. The second-order valence-electron chi connectivity index (χ2n) is 4.14. The third kappa shape index (κ3) is 6.05. The summed E-state index contributed by atoms with van der Waals surface area (Å²) in [5.41, 5.74) is 2.49. The highest BCUT2D eigenvalue weighted by atomic mass is 16.5. The van der Waals surface area contributed by atoms with Gasteiger partial charge in [-0.3, -0.25) is 4.98 Å². The maximum Gasteiger partial charge on any atom is 0.137 e. The summed E-state index contributed by atoms with van der Waals surface area (Å²) in [6, 6.07) is 12.5. The number of pyridine rings is 1. The number of hydrogen-bond acceptors (Lipinski definition) is 2. The molecule has 1 heterocycles. The normalized spacial score (nSPS) is 9.42. The molecule has 2 nitrogen and oxygen atoms in total. The number of aryl methyl sites for hydroxylation is 2. The number of hydrogen-bond donors (Lipinski definition) is 0. The molecule has 0 unspecified atom stereocenters. The zero-order valence-electron chi connectivity index (χ0n) is 12.1. The molecule has 2 heteroatoms. The Morgan fingerprint density at radius 2 is 1.79 bits per heavy atom. The van der Waals surface area contributed by atoms with Gasteiger partial charge in [-0.25, -0.2) is 0 Å². The van der Waals surface area contributed by atoms with E-state index in [0.29, 0.717) is 0 Å². The molecule has 0 radical (unpaired) electrons. The first kappa shape index (κ1) is 15.2. The van der Waals surface area contributed by atoms with Crippen molar-refractivity contribution in [1.82, 2.24) is 4.98 Å². The van der Waals surface area contributed by atoms with E-state index in [2.05, 4.69) is 29.2 Å². The monoisotopic (exact) mass is 257 g/mol. The first-order valence-corrected chi connectivity index (χ1v) is 6.93. The fourth-order valence-corrected chi connectivity index (χ4v) is 1.72. The van der Waals surface area contributed by atoms with Crippen LogP contribution in [0.2, 0.25) is 0 Å². The van der Waals surface area contributed by atoms with Gasteiger partial charge in [0.2, 0.25) is 0 Å². The molecule has 0 fully saturated rings. The fourth-order valence-electron chi connectivity index (χ4n) is 1.72. The molecule has 1 aromatic carbocycles. The lowest BCUT2D eigenvalue weighted by atomic mass is 10.1. The van der Waals surface area contributed by atoms with Crippen molar-refractivity contribution in [3.05, 3.63) is 59.9 Å². The third-order valence-corrected chi connectivity index (χ3v) is 2.57. The Balaban J connectivity index is 0.000000861. The highest BCUT2D eigenvalue weighted by molar-refractivity contribution is 5.22. The SMILES string of the molecule is CC.Cc1cncc(OCCCc2ccccc2)c1. The molecule has 19 heavy (non-hydrogen) atoms. The Morgan fingerprint density at radius 3 is 2.47 bits per heavy atom. The molecular weight excluding hydrogens is 234 g/mol. The van der Waals surface area contributed by atoms with Crippen LogP contribution in [0, 0.1) is 6.92 Å². The van der Waals surface area contributed by atoms with Gasteiger partial charge in [0, 0.05) is 6.20 Å². The summed E-state index contributed by atoms with van der Waals surface area (Å²) in [5.74, 6) is 0.859. The summed E-state index contributed by atoms with van der Waals surface area (Å²) >= 11 is 0. The molecule has 0 spiro atoms. The second kappa shape index (κ2) is 9.15. The standard InChI is InChI=1S/C15H17NO.C2H6/c1-13-10-15(12-16-11-13)17-9-5-8-14-6-3-2-4-7-14;1-2/h2-4,6-7,10-12H,5,8-9H2,1H3;1-2H3. The van der Waals surface area contributed by atoms with Gasteiger partial charge in [0.1, 0.15) is 5.75 Å². The van der Waals surface area contributed by atoms with Crippen LogP contribution in [-0.4, -0.2) is 11.6 Å². The molecule has 0 amide bonds. The van der Waals surface area contributed by atoms with E-state index in [4.69, 9.17) is 4.74 Å². The molecule has 0 bridgehead atoms. The third-order valence-electron chi connectivity index (χ3n) is 2.57. The Kier molecular flexibility index (Phi) is 7.33. The maximum atomic E-state index is 5.65. The average molecular weight is 257 g/mol. The molecule has 2 rings (SSSR count). The smallest absolute Gasteiger partial charge is 0.137 e. The van der Waals surface area contributed by atoms with Gasteiger partial charge in [0.05, 0.1) is 12.8 Å². The quantitative estimate of drug-likeness (QED) is 0.739. The van der Waals surface area contributed by atoms with Crippen LogP contribution in [0.3, 0.4) is 0 Å². The summed E-state index contributed by atoms with van der Waals surface area (Å²) in [5, 5.41) is 0. The summed E-state index contributed by atoms with van der Waals surface area (Å²) < 4.78 is 5.65. The van der Waals surface area contributed by atoms with Crippen LogP contribution in [-0.2, 0) is 6.42 Å². The van der Waals surface area contributed by atoms with E-state index < -0.39 is 0 Å². The minimum atomic E-state index is 0.736. The molecule has 0 saturated heterocycles. The van der Waals surface area contributed by atoms with Crippen LogP contribution < -0.4 is 4.74 Å². The molecule has 0 saturated carbocycles. The predicted octanol–water partition coefficient (Wildman–Crippen LogP) is 4.43. The highest BCUT2D eigenvalue weighted by Crippen LogP contribution is 2.11. The van der Waals surface area contributed by atoms with Crippen molar-refractivity contribution < 1.29 is 4.74 Å². The zero-order chi connectivity index (χ0) is 13.9. The Labute approximate surface area is 116 Å². The lowest BCUT2D eigenvalue weighted by Crippen LogP contribution is -1.99. The fraction of sp³-hybridized carbons (Fsp3) is 0.353. The number of nitrogens with zero attached hydrogens (tertiary/aromatic N) is 1. The Morgan fingerprint density at radius 1 is 1.05 bits per heavy atom. The zero-order valence-corrected chi connectivity index (χ0v) is 12.1. The van der Waals surface area contributed by atoms with Crippen molar-refractivity contribution in [3.8, 4) is 5.75 Å². The van der Waals surface area contributed by atoms with E-state index in [-0.39, 0.29) is 0 Å². The summed E-state index contributed by atoms with van der Waals surface area (Å²) in [7, 11) is 0. The number of ether oxygens (including phenoxy) is 1. The first-order valence-electron chi connectivity index (χ1n) is 6.93. The van der Waals surface area contributed by atoms with Crippen molar-refractivity contribution in [2.24, 2.45) is 0 Å². The van der Waals surface area contributed by atoms with Crippen molar-refractivity contribution in [1.29, 1.82) is 0 Å². The van der Waals surface area contributed by atoms with E-state index >= 15 is 0 Å². The van der Waals surface area contributed by atoms with Crippen molar-refractivity contribution in [2.45, 2.75) is 33.6 Å². The van der Waals surface area contributed by atoms with E-state index in [0.717, 1.165) is 30.8 Å². The van der Waals surface area contributed by atoms with Crippen LogP contribution in [0.5, 0.6) is 5.75 Å². The first-order chi connectivity index (χ1) is 9.34. The van der Waals surface area contributed by atoms with Crippen LogP contribution in [0.4, 0.5) is 0 Å². The molecule has 102 valence electrons. The molecular formula is C17H23NO. The molecule has 0 aliphatic rings. The van der Waals surface area contributed by atoms with Crippen molar-refractivity contribution >= 4 is 0 Å². The summed E-state index contributed by atoms with van der Waals surface area (Å²) in [4.78, 5) is 4.10. The van der Waals surface area contributed by atoms with Gasteiger partial charge in [-0.1, -0.05) is 44.2 Å². The van der Waals surface area contributed by atoms with E-state index in [1.807, 2.05) is 39.1 Å². The summed E-state index contributed by atoms with van der Waals surface area (Å²) in [6.45, 7) is 6.75. The van der Waals surface area contributed by atoms with Crippen LogP contribution in [0.1, 0.15) is 31.4 Å². The van der Waals surface area contributed by atoms with Crippen LogP contribution in [0.25, 0.3) is 0 Å². The number of rotatable bonds is 5. The number of aromatic nitrogens is 1. The lowest BCUT2D eigenvalue weighted by Gasteiger charge is -2.06.